The maximum absolute atomic E-state index is 12.0. The van der Waals surface area contributed by atoms with Gasteiger partial charge in [-0.05, 0) is 28.1 Å². The Morgan fingerprint density at radius 1 is 1.30 bits per heavy atom. The second-order valence-corrected chi connectivity index (χ2v) is 6.63. The summed E-state index contributed by atoms with van der Waals surface area (Å²) < 4.78 is 31.8. The quantitative estimate of drug-likeness (QED) is 0.647. The molecule has 0 fully saturated rings. The second-order valence-electron chi connectivity index (χ2n) is 3.69. The summed E-state index contributed by atoms with van der Waals surface area (Å²) in [6.45, 7) is 2.09. The van der Waals surface area contributed by atoms with Crippen LogP contribution in [0.15, 0.2) is 27.6 Å². The van der Waals surface area contributed by atoms with E-state index in [1.54, 1.807) is 19.2 Å². The first-order chi connectivity index (χ1) is 8.99. The molecular formula is C11H17BrCl2N2O3S. The number of halogens is 3. The highest BCUT2D eigenvalue weighted by atomic mass is 79.9. The molecule has 0 aliphatic rings. The van der Waals surface area contributed by atoms with Crippen LogP contribution < -0.4 is 10.0 Å². The predicted octanol–water partition coefficient (Wildman–Crippen LogP) is 2.04. The van der Waals surface area contributed by atoms with Gasteiger partial charge in [-0.1, -0.05) is 17.7 Å². The Morgan fingerprint density at radius 2 is 2.00 bits per heavy atom. The van der Waals surface area contributed by atoms with Crippen LogP contribution in [-0.2, 0) is 14.8 Å². The Balaban J connectivity index is 0.00000361. The van der Waals surface area contributed by atoms with Crippen LogP contribution >= 0.6 is 39.9 Å². The fourth-order valence-corrected chi connectivity index (χ4v) is 3.61. The number of benzene rings is 1. The molecule has 5 nitrogen and oxygen atoms in total. The summed E-state index contributed by atoms with van der Waals surface area (Å²) in [4.78, 5) is 0.136. The average molecular weight is 408 g/mol. The molecule has 0 aromatic heterocycles. The first-order valence-electron chi connectivity index (χ1n) is 5.62. The van der Waals surface area contributed by atoms with E-state index in [4.69, 9.17) is 16.3 Å². The summed E-state index contributed by atoms with van der Waals surface area (Å²) in [5, 5.41) is 3.41. The van der Waals surface area contributed by atoms with Crippen LogP contribution in [0, 0.1) is 0 Å². The Morgan fingerprint density at radius 3 is 2.65 bits per heavy atom. The zero-order valence-corrected chi connectivity index (χ0v) is 14.8. The van der Waals surface area contributed by atoms with Gasteiger partial charge in [-0.15, -0.1) is 12.4 Å². The van der Waals surface area contributed by atoms with E-state index < -0.39 is 10.0 Å². The molecule has 1 aromatic carbocycles. The second kappa shape index (κ2) is 9.94. The lowest BCUT2D eigenvalue weighted by molar-refractivity contribution is 0.199. The molecular weight excluding hydrogens is 391 g/mol. The van der Waals surface area contributed by atoms with Crippen LogP contribution in [0.5, 0.6) is 0 Å². The highest BCUT2D eigenvalue weighted by Crippen LogP contribution is 2.29. The number of nitrogens with one attached hydrogen (secondary N) is 2. The molecule has 1 aromatic rings. The highest BCUT2D eigenvalue weighted by molar-refractivity contribution is 9.10. The van der Waals surface area contributed by atoms with Crippen molar-refractivity contribution in [3.8, 4) is 0 Å². The van der Waals surface area contributed by atoms with Crippen LogP contribution in [0.25, 0.3) is 0 Å². The van der Waals surface area contributed by atoms with Crippen molar-refractivity contribution in [1.82, 2.24) is 10.0 Å². The van der Waals surface area contributed by atoms with Gasteiger partial charge in [0, 0.05) is 26.7 Å². The third kappa shape index (κ3) is 6.26. The van der Waals surface area contributed by atoms with Crippen LogP contribution in [0.1, 0.15) is 0 Å². The summed E-state index contributed by atoms with van der Waals surface area (Å²) in [7, 11) is -1.95. The molecule has 0 saturated heterocycles. The minimum atomic E-state index is -3.56. The van der Waals surface area contributed by atoms with Crippen LogP contribution in [-0.4, -0.2) is 41.8 Å². The molecule has 0 saturated carbocycles. The number of hydrogen-bond acceptors (Lipinski definition) is 4. The molecule has 1 rings (SSSR count). The molecule has 0 atom stereocenters. The van der Waals surface area contributed by atoms with E-state index in [2.05, 4.69) is 26.0 Å². The standard InChI is InChI=1S/C11H16BrClN2O3S.ClH/c1-18-8-7-14-5-6-15-19(16,17)10-4-2-3-9(13)11(10)12;/h2-4,14-15H,5-8H2,1H3;1H. The van der Waals surface area contributed by atoms with Crippen LogP contribution in [0.3, 0.4) is 0 Å². The van der Waals surface area contributed by atoms with Crippen molar-refractivity contribution in [3.05, 3.63) is 27.7 Å². The van der Waals surface area contributed by atoms with Gasteiger partial charge in [-0.3, -0.25) is 0 Å². The Hall–Kier alpha value is 0.110. The fourth-order valence-electron chi connectivity index (χ4n) is 1.34. The Kier molecular flexibility index (Phi) is 10.00. The molecule has 0 amide bonds. The number of sulfonamides is 1. The third-order valence-electron chi connectivity index (χ3n) is 2.28. The number of rotatable bonds is 8. The van der Waals surface area contributed by atoms with Gasteiger partial charge in [-0.2, -0.15) is 0 Å². The van der Waals surface area contributed by atoms with Crippen LogP contribution in [0.4, 0.5) is 0 Å². The summed E-state index contributed by atoms with van der Waals surface area (Å²) in [5.74, 6) is 0. The number of methoxy groups -OCH3 is 1. The van der Waals surface area contributed by atoms with Gasteiger partial charge >= 0.3 is 0 Å². The van der Waals surface area contributed by atoms with Crippen molar-refractivity contribution in [2.24, 2.45) is 0 Å². The minimum absolute atomic E-state index is 0. The Bertz CT molecular complexity index is 514. The molecule has 2 N–H and O–H groups in total. The van der Waals surface area contributed by atoms with Crippen molar-refractivity contribution < 1.29 is 13.2 Å². The van der Waals surface area contributed by atoms with Gasteiger partial charge in [0.05, 0.1) is 21.0 Å². The maximum atomic E-state index is 12.0. The average Bonchev–Trinajstić information content (AvgIpc) is 2.36. The number of hydrogen-bond donors (Lipinski definition) is 2. The van der Waals surface area contributed by atoms with Gasteiger partial charge in [0.15, 0.2) is 0 Å². The van der Waals surface area contributed by atoms with E-state index >= 15 is 0 Å². The van der Waals surface area contributed by atoms with Gasteiger partial charge in [0.25, 0.3) is 0 Å². The highest BCUT2D eigenvalue weighted by Gasteiger charge is 2.18. The molecule has 0 bridgehead atoms. The first-order valence-corrected chi connectivity index (χ1v) is 8.28. The van der Waals surface area contributed by atoms with E-state index in [1.165, 1.54) is 6.07 Å². The third-order valence-corrected chi connectivity index (χ3v) is 5.45. The smallest absolute Gasteiger partial charge is 0.241 e. The van der Waals surface area contributed by atoms with Gasteiger partial charge in [0.1, 0.15) is 0 Å². The molecule has 116 valence electrons. The monoisotopic (exact) mass is 406 g/mol. The molecule has 0 radical (unpaired) electrons. The summed E-state index contributed by atoms with van der Waals surface area (Å²) in [6, 6.07) is 4.71. The minimum Gasteiger partial charge on any atom is -0.383 e. The van der Waals surface area contributed by atoms with E-state index in [-0.39, 0.29) is 17.3 Å². The topological polar surface area (TPSA) is 67.4 Å². The number of ether oxygens (including phenoxy) is 1. The first kappa shape index (κ1) is 20.1. The SMILES string of the molecule is COCCNCCNS(=O)(=O)c1cccc(Cl)c1Br.Cl. The summed E-state index contributed by atoms with van der Waals surface area (Å²) in [6.07, 6.45) is 0. The summed E-state index contributed by atoms with van der Waals surface area (Å²) >= 11 is 9.05. The fraction of sp³-hybridized carbons (Fsp3) is 0.455. The maximum Gasteiger partial charge on any atom is 0.241 e. The molecule has 0 unspecified atom stereocenters. The zero-order chi connectivity index (χ0) is 14.3. The molecule has 20 heavy (non-hydrogen) atoms. The van der Waals surface area contributed by atoms with Crippen molar-refractivity contribution in [2.75, 3.05) is 33.4 Å². The summed E-state index contributed by atoms with van der Waals surface area (Å²) in [5.41, 5.74) is 0. The van der Waals surface area contributed by atoms with E-state index in [0.717, 1.165) is 0 Å². The molecule has 0 aliphatic heterocycles. The van der Waals surface area contributed by atoms with Crippen molar-refractivity contribution in [1.29, 1.82) is 0 Å². The largest absolute Gasteiger partial charge is 0.383 e. The zero-order valence-electron chi connectivity index (χ0n) is 10.9. The molecule has 0 heterocycles. The van der Waals surface area contributed by atoms with E-state index in [9.17, 15) is 8.42 Å². The Labute approximate surface area is 139 Å². The van der Waals surface area contributed by atoms with Crippen LogP contribution in [0.2, 0.25) is 5.02 Å². The van der Waals surface area contributed by atoms with Crippen molar-refractivity contribution in [3.63, 3.8) is 0 Å². The van der Waals surface area contributed by atoms with E-state index in [1.807, 2.05) is 0 Å². The normalized spacial score (nSPS) is 11.2. The lowest BCUT2D eigenvalue weighted by Gasteiger charge is -2.09. The molecule has 0 aliphatic carbocycles. The van der Waals surface area contributed by atoms with Gasteiger partial charge < -0.3 is 10.1 Å². The van der Waals surface area contributed by atoms with E-state index in [0.29, 0.717) is 35.7 Å². The molecule has 0 spiro atoms. The lowest BCUT2D eigenvalue weighted by Crippen LogP contribution is -2.33. The van der Waals surface area contributed by atoms with Gasteiger partial charge in [0.2, 0.25) is 10.0 Å². The lowest BCUT2D eigenvalue weighted by atomic mass is 10.4. The molecule has 9 heteroatoms. The van der Waals surface area contributed by atoms with Crippen molar-refractivity contribution >= 4 is 50.0 Å². The van der Waals surface area contributed by atoms with Crippen molar-refractivity contribution in [2.45, 2.75) is 4.90 Å². The van der Waals surface area contributed by atoms with Gasteiger partial charge in [-0.25, -0.2) is 13.1 Å². The predicted molar refractivity (Wildman–Crippen MR) is 86.3 cm³/mol.